The summed E-state index contributed by atoms with van der Waals surface area (Å²) in [7, 11) is -3.31. The van der Waals surface area contributed by atoms with E-state index in [0.717, 1.165) is 0 Å². The summed E-state index contributed by atoms with van der Waals surface area (Å²) in [6.45, 7) is 2.44. The minimum absolute atomic E-state index is 0.0888. The molecule has 0 radical (unpaired) electrons. The summed E-state index contributed by atoms with van der Waals surface area (Å²) in [5.74, 6) is -1.24. The van der Waals surface area contributed by atoms with Crippen molar-refractivity contribution in [2.75, 3.05) is 24.2 Å². The minimum Gasteiger partial charge on any atom is -0.366 e. The van der Waals surface area contributed by atoms with Crippen LogP contribution in [0.2, 0.25) is 5.02 Å². The van der Waals surface area contributed by atoms with Crippen LogP contribution < -0.4 is 11.1 Å². The lowest BCUT2D eigenvalue weighted by atomic mass is 9.98. The lowest BCUT2D eigenvalue weighted by Crippen LogP contribution is -2.44. The summed E-state index contributed by atoms with van der Waals surface area (Å²) < 4.78 is 25.8. The highest BCUT2D eigenvalue weighted by atomic mass is 35.5. The third-order valence-corrected chi connectivity index (χ3v) is 6.47. The van der Waals surface area contributed by atoms with E-state index in [1.54, 1.807) is 0 Å². The molecule has 0 aliphatic carbocycles. The van der Waals surface area contributed by atoms with E-state index in [-0.39, 0.29) is 28.8 Å². The Balaban J connectivity index is 2.05. The zero-order chi connectivity index (χ0) is 18.6. The zero-order valence-corrected chi connectivity index (χ0v) is 15.6. The molecule has 0 unspecified atom stereocenters. The van der Waals surface area contributed by atoms with Gasteiger partial charge in [-0.2, -0.15) is 0 Å². The van der Waals surface area contributed by atoms with Crippen LogP contribution in [0.15, 0.2) is 18.2 Å². The van der Waals surface area contributed by atoms with E-state index >= 15 is 0 Å². The maximum atomic E-state index is 12.5. The number of sulfonamides is 1. The highest BCUT2D eigenvalue weighted by Gasteiger charge is 2.31. The molecule has 0 bridgehead atoms. The third kappa shape index (κ3) is 4.93. The Morgan fingerprint density at radius 2 is 2.12 bits per heavy atom. The van der Waals surface area contributed by atoms with Gasteiger partial charge in [-0.3, -0.25) is 9.59 Å². The molecule has 0 spiro atoms. The van der Waals surface area contributed by atoms with Crippen molar-refractivity contribution < 1.29 is 18.0 Å². The van der Waals surface area contributed by atoms with Crippen LogP contribution >= 0.6 is 11.6 Å². The lowest BCUT2D eigenvalue weighted by molar-refractivity contribution is -0.120. The van der Waals surface area contributed by atoms with Gasteiger partial charge in [-0.15, -0.1) is 0 Å². The van der Waals surface area contributed by atoms with E-state index in [1.807, 2.05) is 6.92 Å². The topological polar surface area (TPSA) is 110 Å². The molecule has 2 amide bonds. The van der Waals surface area contributed by atoms with Gasteiger partial charge in [-0.25, -0.2) is 12.7 Å². The van der Waals surface area contributed by atoms with E-state index in [9.17, 15) is 18.0 Å². The SMILES string of the molecule is CCCS(=O)(=O)N1CCC[C@H](C(=O)Nc2ccc(C(N)=O)c(Cl)c2)C1. The van der Waals surface area contributed by atoms with Gasteiger partial charge >= 0.3 is 0 Å². The number of rotatable bonds is 6. The number of hydrogen-bond donors (Lipinski definition) is 2. The molecule has 1 atom stereocenters. The molecule has 7 nitrogen and oxygen atoms in total. The van der Waals surface area contributed by atoms with Crippen molar-refractivity contribution in [3.05, 3.63) is 28.8 Å². The first kappa shape index (κ1) is 19.7. The second kappa shape index (κ2) is 8.16. The van der Waals surface area contributed by atoms with E-state index in [4.69, 9.17) is 17.3 Å². The quantitative estimate of drug-likeness (QED) is 0.775. The number of piperidine rings is 1. The Hall–Kier alpha value is -1.64. The predicted octanol–water partition coefficient (Wildman–Crippen LogP) is 1.83. The summed E-state index contributed by atoms with van der Waals surface area (Å²) in [6, 6.07) is 4.44. The molecule has 1 aliphatic heterocycles. The Morgan fingerprint density at radius 1 is 1.40 bits per heavy atom. The van der Waals surface area contributed by atoms with Gasteiger partial charge in [0.05, 0.1) is 22.3 Å². The Labute approximate surface area is 152 Å². The van der Waals surface area contributed by atoms with Gasteiger partial charge in [0, 0.05) is 18.8 Å². The Kier molecular flexibility index (Phi) is 6.42. The highest BCUT2D eigenvalue weighted by Crippen LogP contribution is 2.24. The first-order valence-electron chi connectivity index (χ1n) is 8.12. The van der Waals surface area contributed by atoms with Crippen molar-refractivity contribution in [3.8, 4) is 0 Å². The normalized spacial score (nSPS) is 18.7. The summed E-state index contributed by atoms with van der Waals surface area (Å²) in [6.07, 6.45) is 1.81. The van der Waals surface area contributed by atoms with E-state index < -0.39 is 21.8 Å². The molecule has 25 heavy (non-hydrogen) atoms. The number of nitrogens with zero attached hydrogens (tertiary/aromatic N) is 1. The van der Waals surface area contributed by atoms with Gasteiger partial charge in [-0.05, 0) is 37.5 Å². The summed E-state index contributed by atoms with van der Waals surface area (Å²) in [5, 5.41) is 2.88. The molecule has 1 aromatic rings. The van der Waals surface area contributed by atoms with Crippen LogP contribution in [0, 0.1) is 5.92 Å². The first-order chi connectivity index (χ1) is 11.7. The fourth-order valence-corrected chi connectivity index (χ4v) is 4.70. The molecule has 0 aromatic heterocycles. The maximum Gasteiger partial charge on any atom is 0.250 e. The number of anilines is 1. The minimum atomic E-state index is -3.31. The highest BCUT2D eigenvalue weighted by molar-refractivity contribution is 7.89. The van der Waals surface area contributed by atoms with Crippen molar-refractivity contribution in [1.82, 2.24) is 4.31 Å². The molecule has 1 heterocycles. The number of benzene rings is 1. The van der Waals surface area contributed by atoms with Gasteiger partial charge in [0.15, 0.2) is 0 Å². The standard InChI is InChI=1S/C16H22ClN3O4S/c1-2-8-25(23,24)20-7-3-4-11(10-20)16(22)19-12-5-6-13(15(18)21)14(17)9-12/h5-6,9,11H,2-4,7-8,10H2,1H3,(H2,18,21)(H,19,22)/t11-/m0/s1. The van der Waals surface area contributed by atoms with Crippen molar-refractivity contribution >= 4 is 39.1 Å². The number of hydrogen-bond acceptors (Lipinski definition) is 4. The third-order valence-electron chi connectivity index (χ3n) is 4.11. The lowest BCUT2D eigenvalue weighted by Gasteiger charge is -2.31. The van der Waals surface area contributed by atoms with E-state index in [1.165, 1.54) is 22.5 Å². The van der Waals surface area contributed by atoms with E-state index in [2.05, 4.69) is 5.32 Å². The predicted molar refractivity (Wildman–Crippen MR) is 97.0 cm³/mol. The molecular weight excluding hydrogens is 366 g/mol. The average Bonchev–Trinajstić information content (AvgIpc) is 2.54. The number of halogens is 1. The monoisotopic (exact) mass is 387 g/mol. The van der Waals surface area contributed by atoms with Crippen LogP contribution in [0.4, 0.5) is 5.69 Å². The second-order valence-electron chi connectivity index (χ2n) is 6.06. The number of carbonyl (C=O) groups is 2. The number of primary amides is 1. The van der Waals surface area contributed by atoms with Crippen LogP contribution in [0.25, 0.3) is 0 Å². The van der Waals surface area contributed by atoms with Gasteiger partial charge in [0.2, 0.25) is 21.8 Å². The molecule has 3 N–H and O–H groups in total. The van der Waals surface area contributed by atoms with Crippen LogP contribution in [0.5, 0.6) is 0 Å². The molecule has 9 heteroatoms. The Bertz CT molecular complexity index is 767. The number of nitrogens with two attached hydrogens (primary N) is 1. The van der Waals surface area contributed by atoms with Crippen molar-refractivity contribution in [2.45, 2.75) is 26.2 Å². The van der Waals surface area contributed by atoms with Gasteiger partial charge < -0.3 is 11.1 Å². The Morgan fingerprint density at radius 3 is 2.72 bits per heavy atom. The molecule has 1 saturated heterocycles. The summed E-state index contributed by atoms with van der Waals surface area (Å²) in [5.41, 5.74) is 5.80. The van der Waals surface area contributed by atoms with Gasteiger partial charge in [-0.1, -0.05) is 18.5 Å². The first-order valence-corrected chi connectivity index (χ1v) is 10.1. The number of carbonyl (C=O) groups excluding carboxylic acids is 2. The molecule has 1 aliphatic rings. The molecule has 138 valence electrons. The van der Waals surface area contributed by atoms with Crippen molar-refractivity contribution in [3.63, 3.8) is 0 Å². The van der Waals surface area contributed by atoms with Crippen LogP contribution in [0.3, 0.4) is 0 Å². The van der Waals surface area contributed by atoms with Crippen molar-refractivity contribution in [1.29, 1.82) is 0 Å². The molecular formula is C16H22ClN3O4S. The van der Waals surface area contributed by atoms with Gasteiger partial charge in [0.1, 0.15) is 0 Å². The average molecular weight is 388 g/mol. The van der Waals surface area contributed by atoms with Crippen LogP contribution in [0.1, 0.15) is 36.5 Å². The summed E-state index contributed by atoms with van der Waals surface area (Å²) in [4.78, 5) is 23.6. The maximum absolute atomic E-state index is 12.5. The zero-order valence-electron chi connectivity index (χ0n) is 14.0. The number of nitrogens with one attached hydrogen (secondary N) is 1. The van der Waals surface area contributed by atoms with Crippen LogP contribution in [-0.4, -0.2) is 43.4 Å². The smallest absolute Gasteiger partial charge is 0.250 e. The fourth-order valence-electron chi connectivity index (χ4n) is 2.83. The van der Waals surface area contributed by atoms with Crippen molar-refractivity contribution in [2.24, 2.45) is 11.7 Å². The molecule has 1 fully saturated rings. The van der Waals surface area contributed by atoms with Gasteiger partial charge in [0.25, 0.3) is 0 Å². The molecule has 2 rings (SSSR count). The summed E-state index contributed by atoms with van der Waals surface area (Å²) >= 11 is 5.97. The molecule has 0 saturated carbocycles. The fraction of sp³-hybridized carbons (Fsp3) is 0.500. The van der Waals surface area contributed by atoms with E-state index in [0.29, 0.717) is 31.5 Å². The molecule has 1 aromatic carbocycles. The largest absolute Gasteiger partial charge is 0.366 e. The van der Waals surface area contributed by atoms with Crippen LogP contribution in [-0.2, 0) is 14.8 Å². The number of amides is 2. The second-order valence-corrected chi connectivity index (χ2v) is 8.56.